The third-order valence-corrected chi connectivity index (χ3v) is 4.59. The maximum absolute atomic E-state index is 13.9. The number of hydrogen-bond donors (Lipinski definition) is 1. The number of anilines is 1. The summed E-state index contributed by atoms with van der Waals surface area (Å²) in [5, 5.41) is 2.04. The topological polar surface area (TPSA) is 29.3 Å². The number of hydrogen-bond acceptors (Lipinski definition) is 3. The van der Waals surface area contributed by atoms with Crippen molar-refractivity contribution in [3.63, 3.8) is 0 Å². The van der Waals surface area contributed by atoms with Crippen LogP contribution in [0.2, 0.25) is 0 Å². The summed E-state index contributed by atoms with van der Waals surface area (Å²) in [7, 11) is 1.95. The minimum atomic E-state index is -0.325. The monoisotopic (exact) mass is 342 g/mol. The van der Waals surface area contributed by atoms with E-state index in [1.807, 2.05) is 23.4 Å². The Bertz CT molecular complexity index is 568. The zero-order chi connectivity index (χ0) is 14.0. The molecule has 0 aliphatic heterocycles. The van der Waals surface area contributed by atoms with E-state index in [1.165, 1.54) is 10.9 Å². The van der Waals surface area contributed by atoms with Gasteiger partial charge >= 0.3 is 0 Å². The molecule has 0 spiro atoms. The third kappa shape index (κ3) is 3.35. The molecule has 1 heterocycles. The maximum atomic E-state index is 13.9. The van der Waals surface area contributed by atoms with Gasteiger partial charge in [-0.25, -0.2) is 4.39 Å². The summed E-state index contributed by atoms with van der Waals surface area (Å²) >= 11 is 5.12. The van der Waals surface area contributed by atoms with Gasteiger partial charge < -0.3 is 10.6 Å². The molecule has 2 nitrogen and oxygen atoms in total. The fourth-order valence-corrected chi connectivity index (χ4v) is 3.57. The molecule has 2 N–H and O–H groups in total. The van der Waals surface area contributed by atoms with Crippen LogP contribution in [-0.2, 0) is 6.54 Å². The van der Waals surface area contributed by atoms with Crippen LogP contribution in [0.3, 0.4) is 0 Å². The first kappa shape index (κ1) is 14.5. The standard InChI is InChI=1S/C14H16BrFN2S/c1-9(17)14-12(16)4-3-5-13(14)18(2)7-11-6-10(15)8-19-11/h3-6,8-9H,7,17H2,1-2H3/t9-/m1/s1. The summed E-state index contributed by atoms with van der Waals surface area (Å²) in [5.74, 6) is -0.244. The molecule has 0 aliphatic carbocycles. The van der Waals surface area contributed by atoms with Crippen LogP contribution in [0.4, 0.5) is 10.1 Å². The van der Waals surface area contributed by atoms with E-state index in [4.69, 9.17) is 5.73 Å². The van der Waals surface area contributed by atoms with Gasteiger partial charge in [-0.1, -0.05) is 6.07 Å². The highest BCUT2D eigenvalue weighted by molar-refractivity contribution is 9.10. The van der Waals surface area contributed by atoms with E-state index in [2.05, 4.69) is 22.0 Å². The molecule has 1 atom stereocenters. The Kier molecular flexibility index (Phi) is 4.60. The van der Waals surface area contributed by atoms with E-state index in [0.29, 0.717) is 5.56 Å². The van der Waals surface area contributed by atoms with Crippen molar-refractivity contribution in [1.29, 1.82) is 0 Å². The van der Waals surface area contributed by atoms with Crippen molar-refractivity contribution >= 4 is 33.0 Å². The summed E-state index contributed by atoms with van der Waals surface area (Å²) in [6, 6.07) is 6.83. The molecule has 0 radical (unpaired) electrons. The van der Waals surface area contributed by atoms with E-state index >= 15 is 0 Å². The van der Waals surface area contributed by atoms with Crippen LogP contribution in [0.15, 0.2) is 34.1 Å². The summed E-state index contributed by atoms with van der Waals surface area (Å²) < 4.78 is 15.0. The van der Waals surface area contributed by atoms with Gasteiger partial charge in [0.25, 0.3) is 0 Å². The summed E-state index contributed by atoms with van der Waals surface area (Å²) in [6.45, 7) is 2.54. The minimum absolute atomic E-state index is 0.244. The summed E-state index contributed by atoms with van der Waals surface area (Å²) in [6.07, 6.45) is 0. The maximum Gasteiger partial charge on any atom is 0.130 e. The lowest BCUT2D eigenvalue weighted by molar-refractivity contribution is 0.592. The van der Waals surface area contributed by atoms with Crippen LogP contribution >= 0.6 is 27.3 Å². The first-order chi connectivity index (χ1) is 8.99. The van der Waals surface area contributed by atoms with Crippen LogP contribution in [0.1, 0.15) is 23.4 Å². The Morgan fingerprint density at radius 1 is 1.47 bits per heavy atom. The lowest BCUT2D eigenvalue weighted by atomic mass is 10.1. The van der Waals surface area contributed by atoms with Gasteiger partial charge in [-0.2, -0.15) is 0 Å². The largest absolute Gasteiger partial charge is 0.369 e. The Balaban J connectivity index is 2.28. The molecule has 5 heteroatoms. The van der Waals surface area contributed by atoms with Gasteiger partial charge in [0.05, 0.1) is 6.54 Å². The normalized spacial score (nSPS) is 12.5. The van der Waals surface area contributed by atoms with Crippen LogP contribution in [0.25, 0.3) is 0 Å². The molecule has 102 valence electrons. The first-order valence-corrected chi connectivity index (χ1v) is 7.64. The Morgan fingerprint density at radius 3 is 2.79 bits per heavy atom. The van der Waals surface area contributed by atoms with Crippen molar-refractivity contribution in [3.8, 4) is 0 Å². The Hall–Kier alpha value is -0.910. The van der Waals surface area contributed by atoms with Crippen LogP contribution in [0.5, 0.6) is 0 Å². The SMILES string of the molecule is C[C@@H](N)c1c(F)cccc1N(C)Cc1cc(Br)cs1. The van der Waals surface area contributed by atoms with Crippen molar-refractivity contribution in [2.45, 2.75) is 19.5 Å². The number of thiophene rings is 1. The number of benzene rings is 1. The van der Waals surface area contributed by atoms with E-state index in [9.17, 15) is 4.39 Å². The smallest absolute Gasteiger partial charge is 0.130 e. The predicted molar refractivity (Wildman–Crippen MR) is 83.1 cm³/mol. The lowest BCUT2D eigenvalue weighted by Crippen LogP contribution is -2.20. The molecule has 0 amide bonds. The lowest BCUT2D eigenvalue weighted by Gasteiger charge is -2.23. The van der Waals surface area contributed by atoms with E-state index in [0.717, 1.165) is 16.7 Å². The van der Waals surface area contributed by atoms with Crippen molar-refractivity contribution in [3.05, 3.63) is 50.4 Å². The van der Waals surface area contributed by atoms with Crippen molar-refractivity contribution < 1.29 is 4.39 Å². The second-order valence-corrected chi connectivity index (χ2v) is 6.46. The molecule has 0 saturated carbocycles. The zero-order valence-electron chi connectivity index (χ0n) is 10.9. The number of rotatable bonds is 4. The average Bonchev–Trinajstić information content (AvgIpc) is 2.73. The highest BCUT2D eigenvalue weighted by Crippen LogP contribution is 2.29. The number of nitrogens with zero attached hydrogens (tertiary/aromatic N) is 1. The summed E-state index contributed by atoms with van der Waals surface area (Å²) in [4.78, 5) is 3.24. The van der Waals surface area contributed by atoms with E-state index < -0.39 is 0 Å². The molecule has 0 bridgehead atoms. The average molecular weight is 343 g/mol. The molecule has 0 aliphatic rings. The highest BCUT2D eigenvalue weighted by atomic mass is 79.9. The van der Waals surface area contributed by atoms with E-state index in [-0.39, 0.29) is 11.9 Å². The molecule has 0 unspecified atom stereocenters. The second-order valence-electron chi connectivity index (χ2n) is 4.55. The third-order valence-electron chi connectivity index (χ3n) is 2.91. The second kappa shape index (κ2) is 6.03. The van der Waals surface area contributed by atoms with Gasteiger partial charge in [-0.15, -0.1) is 11.3 Å². The van der Waals surface area contributed by atoms with Gasteiger partial charge in [0.15, 0.2) is 0 Å². The molecule has 19 heavy (non-hydrogen) atoms. The van der Waals surface area contributed by atoms with Gasteiger partial charge in [-0.3, -0.25) is 0 Å². The van der Waals surface area contributed by atoms with Gasteiger partial charge in [0, 0.05) is 39.1 Å². The van der Waals surface area contributed by atoms with Crippen LogP contribution < -0.4 is 10.6 Å². The van der Waals surface area contributed by atoms with Gasteiger partial charge in [0.2, 0.25) is 0 Å². The molecule has 0 fully saturated rings. The molecule has 1 aromatic heterocycles. The van der Waals surface area contributed by atoms with Gasteiger partial charge in [0.1, 0.15) is 5.82 Å². The number of nitrogens with two attached hydrogens (primary N) is 1. The molecule has 2 rings (SSSR count). The van der Waals surface area contributed by atoms with Crippen molar-refractivity contribution in [2.75, 3.05) is 11.9 Å². The zero-order valence-corrected chi connectivity index (χ0v) is 13.3. The van der Waals surface area contributed by atoms with Crippen molar-refractivity contribution in [2.24, 2.45) is 5.73 Å². The summed E-state index contributed by atoms with van der Waals surface area (Å²) in [5.41, 5.74) is 7.30. The molecular formula is C14H16BrFN2S. The predicted octanol–water partition coefficient (Wildman–Crippen LogP) is 4.31. The van der Waals surface area contributed by atoms with E-state index in [1.54, 1.807) is 24.3 Å². The quantitative estimate of drug-likeness (QED) is 0.897. The first-order valence-electron chi connectivity index (χ1n) is 5.97. The Labute approximate surface area is 125 Å². The van der Waals surface area contributed by atoms with Crippen LogP contribution in [0, 0.1) is 5.82 Å². The highest BCUT2D eigenvalue weighted by Gasteiger charge is 2.15. The minimum Gasteiger partial charge on any atom is -0.369 e. The molecule has 2 aromatic rings. The van der Waals surface area contributed by atoms with Gasteiger partial charge in [-0.05, 0) is 41.1 Å². The fraction of sp³-hybridized carbons (Fsp3) is 0.286. The molecular weight excluding hydrogens is 327 g/mol. The number of halogens is 2. The van der Waals surface area contributed by atoms with Crippen LogP contribution in [-0.4, -0.2) is 7.05 Å². The van der Waals surface area contributed by atoms with Crippen molar-refractivity contribution in [1.82, 2.24) is 0 Å². The Morgan fingerprint density at radius 2 is 2.21 bits per heavy atom. The molecule has 1 aromatic carbocycles. The molecule has 0 saturated heterocycles. The fourth-order valence-electron chi connectivity index (χ4n) is 2.06.